The van der Waals surface area contributed by atoms with Gasteiger partial charge in [-0.3, -0.25) is 9.59 Å². The maximum Gasteiger partial charge on any atom is 0.309 e. The SMILES string of the molecule is CC(C)(CCNC(=O)C1(Sc2ccccc2)CCCC1)C(=O)O. The molecule has 1 aromatic rings. The Hall–Kier alpha value is -1.49. The number of aliphatic carboxylic acids is 1. The van der Waals surface area contributed by atoms with Crippen LogP contribution in [0.15, 0.2) is 35.2 Å². The van der Waals surface area contributed by atoms with Crippen molar-refractivity contribution < 1.29 is 14.7 Å². The molecule has 0 spiro atoms. The monoisotopic (exact) mass is 335 g/mol. The summed E-state index contributed by atoms with van der Waals surface area (Å²) in [4.78, 5) is 25.0. The Morgan fingerprint density at radius 2 is 1.83 bits per heavy atom. The maximum absolute atomic E-state index is 12.7. The summed E-state index contributed by atoms with van der Waals surface area (Å²) < 4.78 is -0.408. The minimum absolute atomic E-state index is 0.0463. The quantitative estimate of drug-likeness (QED) is 0.797. The smallest absolute Gasteiger partial charge is 0.309 e. The number of rotatable bonds is 7. The first-order valence-electron chi connectivity index (χ1n) is 8.12. The fraction of sp³-hybridized carbons (Fsp3) is 0.556. The fourth-order valence-corrected chi connectivity index (χ4v) is 4.19. The number of carboxylic acid groups (broad SMARTS) is 1. The van der Waals surface area contributed by atoms with E-state index < -0.39 is 16.1 Å². The van der Waals surface area contributed by atoms with Gasteiger partial charge in [-0.15, -0.1) is 11.8 Å². The number of nitrogens with one attached hydrogen (secondary N) is 1. The Kier molecular flexibility index (Phi) is 5.74. The highest BCUT2D eigenvalue weighted by Crippen LogP contribution is 2.45. The van der Waals surface area contributed by atoms with Crippen LogP contribution in [0.25, 0.3) is 0 Å². The highest BCUT2D eigenvalue weighted by atomic mass is 32.2. The standard InChI is InChI=1S/C18H25NO3S/c1-17(2,16(21)22)12-13-19-15(20)18(10-6-7-11-18)23-14-8-4-3-5-9-14/h3-5,8-9H,6-7,10-13H2,1-2H3,(H,19,20)(H,21,22). The molecule has 1 aromatic carbocycles. The van der Waals surface area contributed by atoms with Crippen LogP contribution in [0.1, 0.15) is 46.0 Å². The number of thioether (sulfide) groups is 1. The second kappa shape index (κ2) is 7.39. The van der Waals surface area contributed by atoms with E-state index in [-0.39, 0.29) is 5.91 Å². The lowest BCUT2D eigenvalue weighted by molar-refractivity contribution is -0.147. The van der Waals surface area contributed by atoms with Crippen LogP contribution in [0.5, 0.6) is 0 Å². The van der Waals surface area contributed by atoms with E-state index in [1.807, 2.05) is 30.3 Å². The minimum atomic E-state index is -0.832. The third-order valence-electron chi connectivity index (χ3n) is 4.50. The number of benzene rings is 1. The van der Waals surface area contributed by atoms with Crippen molar-refractivity contribution in [2.45, 2.75) is 55.6 Å². The molecule has 0 bridgehead atoms. The Morgan fingerprint density at radius 3 is 2.39 bits per heavy atom. The Bertz CT molecular complexity index is 551. The number of carbonyl (C=O) groups excluding carboxylic acids is 1. The molecule has 0 aliphatic heterocycles. The van der Waals surface area contributed by atoms with Gasteiger partial charge in [0.1, 0.15) is 0 Å². The molecule has 2 N–H and O–H groups in total. The first-order chi connectivity index (χ1) is 10.9. The van der Waals surface area contributed by atoms with Crippen LogP contribution in [-0.2, 0) is 9.59 Å². The molecular formula is C18H25NO3S. The van der Waals surface area contributed by atoms with Gasteiger partial charge in [0.15, 0.2) is 0 Å². The highest BCUT2D eigenvalue weighted by molar-refractivity contribution is 8.01. The second-order valence-corrected chi connectivity index (χ2v) is 8.27. The van der Waals surface area contributed by atoms with E-state index in [1.54, 1.807) is 25.6 Å². The molecular weight excluding hydrogens is 310 g/mol. The zero-order chi connectivity index (χ0) is 16.9. The summed E-state index contributed by atoms with van der Waals surface area (Å²) in [6.07, 6.45) is 4.31. The molecule has 0 unspecified atom stereocenters. The lowest BCUT2D eigenvalue weighted by atomic mass is 9.89. The topological polar surface area (TPSA) is 66.4 Å². The lowest BCUT2D eigenvalue weighted by Gasteiger charge is -2.28. The third-order valence-corrected chi connectivity index (χ3v) is 5.99. The van der Waals surface area contributed by atoms with Crippen molar-refractivity contribution in [3.8, 4) is 0 Å². The van der Waals surface area contributed by atoms with Gasteiger partial charge in [-0.1, -0.05) is 31.0 Å². The van der Waals surface area contributed by atoms with Crippen molar-refractivity contribution in [2.75, 3.05) is 6.54 Å². The number of hydrogen-bond donors (Lipinski definition) is 2. The van der Waals surface area contributed by atoms with Crippen LogP contribution in [0.4, 0.5) is 0 Å². The second-order valence-electron chi connectivity index (χ2n) is 6.81. The average molecular weight is 335 g/mol. The highest BCUT2D eigenvalue weighted by Gasteiger charge is 2.42. The lowest BCUT2D eigenvalue weighted by Crippen LogP contribution is -2.43. The summed E-state index contributed by atoms with van der Waals surface area (Å²) in [5, 5.41) is 12.1. The molecule has 126 valence electrons. The Balaban J connectivity index is 1.98. The zero-order valence-corrected chi connectivity index (χ0v) is 14.6. The molecule has 1 fully saturated rings. The molecule has 23 heavy (non-hydrogen) atoms. The van der Waals surface area contributed by atoms with Gasteiger partial charge in [0.05, 0.1) is 10.2 Å². The number of hydrogen-bond acceptors (Lipinski definition) is 3. The average Bonchev–Trinajstić information content (AvgIpc) is 2.97. The molecule has 1 amide bonds. The van der Waals surface area contributed by atoms with Crippen molar-refractivity contribution in [1.29, 1.82) is 0 Å². The van der Waals surface area contributed by atoms with Crippen molar-refractivity contribution in [3.05, 3.63) is 30.3 Å². The first kappa shape index (κ1) is 17.9. The molecule has 2 rings (SSSR count). The minimum Gasteiger partial charge on any atom is -0.481 e. The van der Waals surface area contributed by atoms with Crippen LogP contribution in [0.3, 0.4) is 0 Å². The van der Waals surface area contributed by atoms with Crippen molar-refractivity contribution >= 4 is 23.6 Å². The maximum atomic E-state index is 12.7. The van der Waals surface area contributed by atoms with Crippen LogP contribution < -0.4 is 5.32 Å². The van der Waals surface area contributed by atoms with Crippen LogP contribution in [0.2, 0.25) is 0 Å². The molecule has 1 saturated carbocycles. The molecule has 1 aliphatic rings. The van der Waals surface area contributed by atoms with Crippen LogP contribution in [0, 0.1) is 5.41 Å². The van der Waals surface area contributed by atoms with Gasteiger partial charge in [-0.25, -0.2) is 0 Å². The van der Waals surface area contributed by atoms with E-state index in [0.29, 0.717) is 13.0 Å². The summed E-state index contributed by atoms with van der Waals surface area (Å²) >= 11 is 1.64. The molecule has 5 heteroatoms. The van der Waals surface area contributed by atoms with Crippen LogP contribution in [-0.4, -0.2) is 28.3 Å². The summed E-state index contributed by atoms with van der Waals surface area (Å²) in [5.41, 5.74) is -0.817. The first-order valence-corrected chi connectivity index (χ1v) is 8.93. The van der Waals surface area contributed by atoms with Gasteiger partial charge in [0.25, 0.3) is 0 Å². The third kappa shape index (κ3) is 4.50. The zero-order valence-electron chi connectivity index (χ0n) is 13.8. The molecule has 0 radical (unpaired) electrons. The van der Waals surface area contributed by atoms with Crippen molar-refractivity contribution in [2.24, 2.45) is 5.41 Å². The van der Waals surface area contributed by atoms with Gasteiger partial charge in [-0.05, 0) is 45.2 Å². The Morgan fingerprint density at radius 1 is 1.22 bits per heavy atom. The van der Waals surface area contributed by atoms with Gasteiger partial charge in [0, 0.05) is 11.4 Å². The number of carboxylic acids is 1. The molecule has 0 aromatic heterocycles. The van der Waals surface area contributed by atoms with E-state index in [2.05, 4.69) is 5.32 Å². The van der Waals surface area contributed by atoms with Gasteiger partial charge >= 0.3 is 5.97 Å². The molecule has 0 heterocycles. The van der Waals surface area contributed by atoms with Gasteiger partial charge in [0.2, 0.25) is 5.91 Å². The molecule has 0 atom stereocenters. The fourth-order valence-electron chi connectivity index (χ4n) is 2.79. The number of amides is 1. The number of carbonyl (C=O) groups is 2. The summed E-state index contributed by atoms with van der Waals surface area (Å²) in [5.74, 6) is -0.786. The summed E-state index contributed by atoms with van der Waals surface area (Å²) in [6.45, 7) is 3.77. The Labute approximate surface area is 142 Å². The predicted molar refractivity (Wildman–Crippen MR) is 92.5 cm³/mol. The van der Waals surface area contributed by atoms with Crippen molar-refractivity contribution in [1.82, 2.24) is 5.32 Å². The van der Waals surface area contributed by atoms with E-state index in [4.69, 9.17) is 5.11 Å². The van der Waals surface area contributed by atoms with E-state index in [0.717, 1.165) is 30.6 Å². The largest absolute Gasteiger partial charge is 0.481 e. The molecule has 1 aliphatic carbocycles. The molecule has 4 nitrogen and oxygen atoms in total. The summed E-state index contributed by atoms with van der Waals surface area (Å²) in [7, 11) is 0. The predicted octanol–water partition coefficient (Wildman–Crippen LogP) is 3.71. The van der Waals surface area contributed by atoms with Gasteiger partial charge < -0.3 is 10.4 Å². The van der Waals surface area contributed by atoms with E-state index in [9.17, 15) is 9.59 Å². The molecule has 0 saturated heterocycles. The van der Waals surface area contributed by atoms with E-state index >= 15 is 0 Å². The van der Waals surface area contributed by atoms with Gasteiger partial charge in [-0.2, -0.15) is 0 Å². The van der Waals surface area contributed by atoms with Crippen molar-refractivity contribution in [3.63, 3.8) is 0 Å². The normalized spacial score (nSPS) is 17.0. The summed E-state index contributed by atoms with van der Waals surface area (Å²) in [6, 6.07) is 10.0. The van der Waals surface area contributed by atoms with Crippen LogP contribution >= 0.6 is 11.8 Å². The van der Waals surface area contributed by atoms with E-state index in [1.165, 1.54) is 0 Å².